The van der Waals surface area contributed by atoms with Gasteiger partial charge in [0.05, 0.1) is 35.1 Å². The van der Waals surface area contributed by atoms with Crippen LogP contribution in [0.5, 0.6) is 0 Å². The van der Waals surface area contributed by atoms with Crippen LogP contribution in [0, 0.1) is 0 Å². The number of benzene rings is 1. The van der Waals surface area contributed by atoms with Gasteiger partial charge in [-0.1, -0.05) is 19.1 Å². The van der Waals surface area contributed by atoms with Crippen molar-refractivity contribution >= 4 is 28.7 Å². The van der Waals surface area contributed by atoms with Crippen molar-refractivity contribution in [1.82, 2.24) is 4.98 Å². The van der Waals surface area contributed by atoms with Crippen LogP contribution >= 0.6 is 0 Å². The molecule has 1 aromatic carbocycles. The molecule has 0 fully saturated rings. The van der Waals surface area contributed by atoms with Crippen molar-refractivity contribution in [2.75, 3.05) is 28.6 Å². The minimum atomic E-state index is -0.0133. The molecule has 3 rings (SSSR count). The summed E-state index contributed by atoms with van der Waals surface area (Å²) < 4.78 is 0. The number of amides is 1. The molecule has 2 heterocycles. The number of nitrogens with one attached hydrogen (secondary N) is 2. The molecule has 5 nitrogen and oxygen atoms in total. The van der Waals surface area contributed by atoms with Crippen molar-refractivity contribution in [1.29, 1.82) is 0 Å². The lowest BCUT2D eigenvalue weighted by Crippen LogP contribution is -2.35. The van der Waals surface area contributed by atoms with Crippen molar-refractivity contribution in [3.05, 3.63) is 42.7 Å². The first-order valence-corrected chi connectivity index (χ1v) is 7.13. The zero-order chi connectivity index (χ0) is 14.7. The summed E-state index contributed by atoms with van der Waals surface area (Å²) in [6, 6.07) is 9.82. The topological polar surface area (TPSA) is 57.3 Å². The first kappa shape index (κ1) is 13.4. The van der Waals surface area contributed by atoms with E-state index in [1.807, 2.05) is 35.2 Å². The normalized spacial score (nSPS) is 13.6. The Kier molecular flexibility index (Phi) is 3.73. The Bertz CT molecular complexity index is 656. The van der Waals surface area contributed by atoms with Gasteiger partial charge in [0.15, 0.2) is 0 Å². The molecule has 1 aliphatic rings. The summed E-state index contributed by atoms with van der Waals surface area (Å²) in [7, 11) is 0. The van der Waals surface area contributed by atoms with Gasteiger partial charge in [-0.25, -0.2) is 0 Å². The number of anilines is 4. The Morgan fingerprint density at radius 2 is 2.19 bits per heavy atom. The summed E-state index contributed by atoms with van der Waals surface area (Å²) in [5, 5.41) is 6.21. The zero-order valence-corrected chi connectivity index (χ0v) is 12.0. The third kappa shape index (κ3) is 2.81. The van der Waals surface area contributed by atoms with E-state index in [2.05, 4.69) is 22.5 Å². The maximum Gasteiger partial charge on any atom is 0.244 e. The fourth-order valence-corrected chi connectivity index (χ4v) is 2.41. The number of rotatable bonds is 4. The Morgan fingerprint density at radius 3 is 3.05 bits per heavy atom. The first-order chi connectivity index (χ1) is 10.3. The van der Waals surface area contributed by atoms with Crippen LogP contribution in [0.3, 0.4) is 0 Å². The highest BCUT2D eigenvalue weighted by atomic mass is 16.2. The highest BCUT2D eigenvalue weighted by Crippen LogP contribution is 2.35. The number of fused-ring (bicyclic) bond motifs is 1. The lowest BCUT2D eigenvalue weighted by molar-refractivity contribution is -0.115. The highest BCUT2D eigenvalue weighted by molar-refractivity contribution is 6.03. The van der Waals surface area contributed by atoms with Gasteiger partial charge < -0.3 is 15.5 Å². The fraction of sp³-hybridized carbons (Fsp3) is 0.250. The molecule has 2 N–H and O–H groups in total. The predicted molar refractivity (Wildman–Crippen MR) is 85.1 cm³/mol. The van der Waals surface area contributed by atoms with Crippen LogP contribution in [0.2, 0.25) is 0 Å². The summed E-state index contributed by atoms with van der Waals surface area (Å²) in [6.07, 6.45) is 4.64. The van der Waals surface area contributed by atoms with Crippen LogP contribution in [0.4, 0.5) is 22.7 Å². The Balaban J connectivity index is 1.95. The molecule has 1 aromatic heterocycles. The summed E-state index contributed by atoms with van der Waals surface area (Å²) in [5.41, 5.74) is 3.71. The molecule has 0 atom stereocenters. The van der Waals surface area contributed by atoms with Gasteiger partial charge in [-0.15, -0.1) is 0 Å². The standard InChI is InChI=1S/C16H18N4O/c1-2-7-18-12-8-13(10-17-9-12)20-11-16(21)19-14-5-3-4-6-15(14)20/h3-6,8-10,18H,2,7,11H2,1H3,(H,19,21). The van der Waals surface area contributed by atoms with Crippen LogP contribution < -0.4 is 15.5 Å². The SMILES string of the molecule is CCCNc1cncc(N2CC(=O)Nc3ccccc32)c1. The molecule has 0 bridgehead atoms. The van der Waals surface area contributed by atoms with Gasteiger partial charge in [-0.2, -0.15) is 0 Å². The molecule has 5 heteroatoms. The van der Waals surface area contributed by atoms with Gasteiger partial charge in [0, 0.05) is 6.54 Å². The molecular weight excluding hydrogens is 264 g/mol. The van der Waals surface area contributed by atoms with E-state index < -0.39 is 0 Å². The van der Waals surface area contributed by atoms with Crippen LogP contribution in [0.25, 0.3) is 0 Å². The fourth-order valence-electron chi connectivity index (χ4n) is 2.41. The van der Waals surface area contributed by atoms with Gasteiger partial charge >= 0.3 is 0 Å². The quantitative estimate of drug-likeness (QED) is 0.905. The first-order valence-electron chi connectivity index (χ1n) is 7.13. The molecule has 0 radical (unpaired) electrons. The van der Waals surface area contributed by atoms with Gasteiger partial charge in [0.2, 0.25) is 5.91 Å². The number of hydrogen-bond donors (Lipinski definition) is 2. The van der Waals surface area contributed by atoms with Gasteiger partial charge in [-0.05, 0) is 24.6 Å². The number of aromatic nitrogens is 1. The van der Waals surface area contributed by atoms with Crippen LogP contribution in [-0.2, 0) is 4.79 Å². The monoisotopic (exact) mass is 282 g/mol. The minimum Gasteiger partial charge on any atom is -0.384 e. The average molecular weight is 282 g/mol. The number of hydrogen-bond acceptors (Lipinski definition) is 4. The van der Waals surface area contributed by atoms with Crippen molar-refractivity contribution in [3.63, 3.8) is 0 Å². The second kappa shape index (κ2) is 5.83. The van der Waals surface area contributed by atoms with E-state index in [0.717, 1.165) is 35.7 Å². The Labute approximate surface area is 124 Å². The van der Waals surface area contributed by atoms with Gasteiger partial charge in [0.1, 0.15) is 6.54 Å². The molecule has 2 aromatic rings. The van der Waals surface area contributed by atoms with Crippen molar-refractivity contribution in [2.45, 2.75) is 13.3 Å². The van der Waals surface area contributed by atoms with E-state index >= 15 is 0 Å². The largest absolute Gasteiger partial charge is 0.384 e. The number of nitrogens with zero attached hydrogens (tertiary/aromatic N) is 2. The predicted octanol–water partition coefficient (Wildman–Crippen LogP) is 2.99. The molecule has 0 unspecified atom stereocenters. The van der Waals surface area contributed by atoms with Crippen molar-refractivity contribution < 1.29 is 4.79 Å². The molecule has 0 saturated carbocycles. The van der Waals surface area contributed by atoms with Crippen molar-refractivity contribution in [3.8, 4) is 0 Å². The van der Waals surface area contributed by atoms with E-state index in [1.54, 1.807) is 12.4 Å². The van der Waals surface area contributed by atoms with Crippen molar-refractivity contribution in [2.24, 2.45) is 0 Å². The molecule has 108 valence electrons. The van der Waals surface area contributed by atoms with E-state index in [1.165, 1.54) is 0 Å². The summed E-state index contributed by atoms with van der Waals surface area (Å²) in [4.78, 5) is 18.1. The summed E-state index contributed by atoms with van der Waals surface area (Å²) in [6.45, 7) is 3.33. The van der Waals surface area contributed by atoms with E-state index in [9.17, 15) is 4.79 Å². The number of carbonyl (C=O) groups excluding carboxylic acids is 1. The molecule has 21 heavy (non-hydrogen) atoms. The Hall–Kier alpha value is -2.56. The second-order valence-electron chi connectivity index (χ2n) is 5.01. The molecule has 1 amide bonds. The van der Waals surface area contributed by atoms with E-state index in [4.69, 9.17) is 0 Å². The van der Waals surface area contributed by atoms with Crippen LogP contribution in [-0.4, -0.2) is 24.0 Å². The third-order valence-corrected chi connectivity index (χ3v) is 3.39. The highest BCUT2D eigenvalue weighted by Gasteiger charge is 2.22. The maximum atomic E-state index is 11.9. The number of carbonyl (C=O) groups is 1. The number of pyridine rings is 1. The van der Waals surface area contributed by atoms with Gasteiger partial charge in [-0.3, -0.25) is 9.78 Å². The second-order valence-corrected chi connectivity index (χ2v) is 5.01. The van der Waals surface area contributed by atoms with Crippen LogP contribution in [0.15, 0.2) is 42.7 Å². The van der Waals surface area contributed by atoms with E-state index in [0.29, 0.717) is 6.54 Å². The molecule has 1 aliphatic heterocycles. The summed E-state index contributed by atoms with van der Waals surface area (Å²) >= 11 is 0. The minimum absolute atomic E-state index is 0.0133. The average Bonchev–Trinajstić information content (AvgIpc) is 2.52. The molecule has 0 spiro atoms. The number of para-hydroxylation sites is 2. The molecule has 0 aliphatic carbocycles. The maximum absolute atomic E-state index is 11.9. The molecule has 0 saturated heterocycles. The van der Waals surface area contributed by atoms with E-state index in [-0.39, 0.29) is 5.91 Å². The third-order valence-electron chi connectivity index (χ3n) is 3.39. The lowest BCUT2D eigenvalue weighted by atomic mass is 10.1. The summed E-state index contributed by atoms with van der Waals surface area (Å²) in [5.74, 6) is -0.0133. The van der Waals surface area contributed by atoms with Gasteiger partial charge in [0.25, 0.3) is 0 Å². The van der Waals surface area contributed by atoms with Crippen LogP contribution in [0.1, 0.15) is 13.3 Å². The zero-order valence-electron chi connectivity index (χ0n) is 12.0. The lowest BCUT2D eigenvalue weighted by Gasteiger charge is -2.30. The Morgan fingerprint density at radius 1 is 1.33 bits per heavy atom. The smallest absolute Gasteiger partial charge is 0.244 e. The molecular formula is C16H18N4O.